The van der Waals surface area contributed by atoms with Crippen LogP contribution in [0.5, 0.6) is 5.75 Å². The van der Waals surface area contributed by atoms with E-state index in [1.165, 1.54) is 0 Å². The summed E-state index contributed by atoms with van der Waals surface area (Å²) in [5.41, 5.74) is 2.75. The van der Waals surface area contributed by atoms with Crippen molar-refractivity contribution in [3.8, 4) is 5.75 Å². The summed E-state index contributed by atoms with van der Waals surface area (Å²) < 4.78 is 0. The molecule has 2 rings (SSSR count). The third kappa shape index (κ3) is 2.48. The van der Waals surface area contributed by atoms with Crippen LogP contribution in [0.1, 0.15) is 29.5 Å². The van der Waals surface area contributed by atoms with Crippen molar-refractivity contribution in [1.82, 2.24) is 4.90 Å². The Labute approximate surface area is 107 Å². The van der Waals surface area contributed by atoms with E-state index in [1.54, 1.807) is 0 Å². The molecule has 1 fully saturated rings. The molecular weight excluding hydrogens is 230 g/mol. The van der Waals surface area contributed by atoms with Gasteiger partial charge >= 0.3 is 5.97 Å². The Balaban J connectivity index is 2.16. The molecule has 0 spiro atoms. The number of aliphatic carboxylic acids is 1. The molecule has 4 heteroatoms. The Morgan fingerprint density at radius 2 is 2.00 bits per heavy atom. The molecule has 0 amide bonds. The first-order chi connectivity index (χ1) is 8.49. The topological polar surface area (TPSA) is 60.8 Å². The first kappa shape index (κ1) is 12.9. The van der Waals surface area contributed by atoms with E-state index in [0.29, 0.717) is 12.3 Å². The highest BCUT2D eigenvalue weighted by Crippen LogP contribution is 2.26. The van der Waals surface area contributed by atoms with E-state index in [4.69, 9.17) is 5.11 Å². The van der Waals surface area contributed by atoms with Crippen molar-refractivity contribution in [2.24, 2.45) is 0 Å². The number of aryl methyl sites for hydroxylation is 2. The molecule has 98 valence electrons. The number of aromatic hydroxyl groups is 1. The molecule has 0 radical (unpaired) electrons. The number of phenols is 1. The molecular formula is C14H19NO3. The van der Waals surface area contributed by atoms with Crippen molar-refractivity contribution in [1.29, 1.82) is 0 Å². The molecule has 1 atom stereocenters. The number of nitrogens with zero attached hydrogens (tertiary/aromatic N) is 1. The highest BCUT2D eigenvalue weighted by molar-refractivity contribution is 5.73. The first-order valence-electron chi connectivity index (χ1n) is 6.25. The van der Waals surface area contributed by atoms with Gasteiger partial charge < -0.3 is 10.2 Å². The maximum atomic E-state index is 11.1. The van der Waals surface area contributed by atoms with Crippen LogP contribution in [0.3, 0.4) is 0 Å². The lowest BCUT2D eigenvalue weighted by Crippen LogP contribution is -2.35. The molecule has 2 N–H and O–H groups in total. The zero-order valence-corrected chi connectivity index (χ0v) is 10.8. The summed E-state index contributed by atoms with van der Waals surface area (Å²) in [4.78, 5) is 13.1. The van der Waals surface area contributed by atoms with Crippen LogP contribution in [-0.4, -0.2) is 33.7 Å². The van der Waals surface area contributed by atoms with Crippen LogP contribution in [0.4, 0.5) is 0 Å². The maximum absolute atomic E-state index is 11.1. The van der Waals surface area contributed by atoms with E-state index in [2.05, 4.69) is 0 Å². The minimum atomic E-state index is -0.736. The quantitative estimate of drug-likeness (QED) is 0.860. The Kier molecular flexibility index (Phi) is 3.57. The molecule has 1 aliphatic rings. The van der Waals surface area contributed by atoms with E-state index < -0.39 is 5.97 Å². The average molecular weight is 249 g/mol. The van der Waals surface area contributed by atoms with Crippen molar-refractivity contribution in [2.45, 2.75) is 39.3 Å². The lowest BCUT2D eigenvalue weighted by Gasteiger charge is -2.21. The number of carbonyl (C=O) groups is 1. The number of benzene rings is 1. The fraction of sp³-hybridized carbons (Fsp3) is 0.500. The van der Waals surface area contributed by atoms with Crippen molar-refractivity contribution >= 4 is 5.97 Å². The van der Waals surface area contributed by atoms with Crippen LogP contribution in [0.25, 0.3) is 0 Å². The smallest absolute Gasteiger partial charge is 0.320 e. The van der Waals surface area contributed by atoms with Gasteiger partial charge in [0.05, 0.1) is 0 Å². The molecule has 1 saturated heterocycles. The number of hydrogen-bond acceptors (Lipinski definition) is 3. The van der Waals surface area contributed by atoms with Crippen molar-refractivity contribution in [3.05, 3.63) is 28.8 Å². The van der Waals surface area contributed by atoms with Gasteiger partial charge in [-0.1, -0.05) is 12.1 Å². The second-order valence-corrected chi connectivity index (χ2v) is 5.04. The Hall–Kier alpha value is -1.55. The molecule has 0 aromatic heterocycles. The minimum absolute atomic E-state index is 0.329. The zero-order valence-electron chi connectivity index (χ0n) is 10.8. The van der Waals surface area contributed by atoms with Crippen LogP contribution in [0, 0.1) is 13.8 Å². The van der Waals surface area contributed by atoms with Crippen LogP contribution >= 0.6 is 0 Å². The molecule has 0 bridgehead atoms. The van der Waals surface area contributed by atoms with Gasteiger partial charge in [-0.25, -0.2) is 0 Å². The van der Waals surface area contributed by atoms with Crippen LogP contribution < -0.4 is 0 Å². The zero-order chi connectivity index (χ0) is 13.3. The molecule has 18 heavy (non-hydrogen) atoms. The fourth-order valence-corrected chi connectivity index (χ4v) is 2.67. The molecule has 0 aliphatic carbocycles. The minimum Gasteiger partial charge on any atom is -0.507 e. The van der Waals surface area contributed by atoms with Crippen molar-refractivity contribution in [3.63, 3.8) is 0 Å². The van der Waals surface area contributed by atoms with Gasteiger partial charge in [0.2, 0.25) is 0 Å². The van der Waals surface area contributed by atoms with Gasteiger partial charge in [0.25, 0.3) is 0 Å². The molecule has 1 heterocycles. The number of likely N-dealkylation sites (tertiary alicyclic amines) is 1. The van der Waals surface area contributed by atoms with Crippen LogP contribution in [-0.2, 0) is 11.3 Å². The third-order valence-electron chi connectivity index (χ3n) is 3.59. The van der Waals surface area contributed by atoms with E-state index in [-0.39, 0.29) is 6.04 Å². The van der Waals surface area contributed by atoms with Gasteiger partial charge in [-0.3, -0.25) is 9.69 Å². The molecule has 1 aliphatic heterocycles. The summed E-state index contributed by atoms with van der Waals surface area (Å²) in [7, 11) is 0. The van der Waals surface area contributed by atoms with Crippen molar-refractivity contribution in [2.75, 3.05) is 6.54 Å². The summed E-state index contributed by atoms with van der Waals surface area (Å²) in [5.74, 6) is -0.408. The maximum Gasteiger partial charge on any atom is 0.320 e. The Morgan fingerprint density at radius 1 is 1.39 bits per heavy atom. The summed E-state index contributed by atoms with van der Waals surface area (Å²) in [6.07, 6.45) is 1.67. The van der Waals surface area contributed by atoms with Gasteiger partial charge in [-0.2, -0.15) is 0 Å². The number of rotatable bonds is 3. The largest absolute Gasteiger partial charge is 0.507 e. The summed E-state index contributed by atoms with van der Waals surface area (Å²) in [6.45, 7) is 5.20. The average Bonchev–Trinajstić information content (AvgIpc) is 2.74. The predicted molar refractivity (Wildman–Crippen MR) is 68.6 cm³/mol. The highest BCUT2D eigenvalue weighted by atomic mass is 16.4. The number of phenolic OH excluding ortho intramolecular Hbond substituents is 1. The van der Waals surface area contributed by atoms with E-state index in [0.717, 1.165) is 36.1 Å². The monoisotopic (exact) mass is 249 g/mol. The lowest BCUT2D eigenvalue weighted by atomic mass is 10.1. The van der Waals surface area contributed by atoms with Crippen molar-refractivity contribution < 1.29 is 15.0 Å². The highest BCUT2D eigenvalue weighted by Gasteiger charge is 2.30. The fourth-order valence-electron chi connectivity index (χ4n) is 2.67. The summed E-state index contributed by atoms with van der Waals surface area (Å²) in [5, 5.41) is 18.9. The standard InChI is InChI=1S/C14H19NO3/c1-9-6-11(7-10(2)13(9)16)8-15-5-3-4-12(15)14(17)18/h6-7,12,16H,3-5,8H2,1-2H3,(H,17,18). The normalized spacial score (nSPS) is 20.2. The van der Waals surface area contributed by atoms with Gasteiger partial charge in [0.15, 0.2) is 0 Å². The molecule has 1 aromatic rings. The third-order valence-corrected chi connectivity index (χ3v) is 3.59. The van der Waals surface area contributed by atoms with Crippen LogP contribution in [0.2, 0.25) is 0 Å². The second-order valence-electron chi connectivity index (χ2n) is 5.04. The number of carboxylic acid groups (broad SMARTS) is 1. The number of carboxylic acids is 1. The second kappa shape index (κ2) is 4.98. The van der Waals surface area contributed by atoms with Gasteiger partial charge in [-0.05, 0) is 49.9 Å². The summed E-state index contributed by atoms with van der Waals surface area (Å²) in [6, 6.07) is 3.50. The van der Waals surface area contributed by atoms with E-state index in [9.17, 15) is 9.90 Å². The van der Waals surface area contributed by atoms with Gasteiger partial charge in [-0.15, -0.1) is 0 Å². The molecule has 4 nitrogen and oxygen atoms in total. The lowest BCUT2D eigenvalue weighted by molar-refractivity contribution is -0.142. The van der Waals surface area contributed by atoms with Crippen LogP contribution in [0.15, 0.2) is 12.1 Å². The van der Waals surface area contributed by atoms with Gasteiger partial charge in [0.1, 0.15) is 11.8 Å². The van der Waals surface area contributed by atoms with E-state index >= 15 is 0 Å². The first-order valence-corrected chi connectivity index (χ1v) is 6.25. The molecule has 1 aromatic carbocycles. The SMILES string of the molecule is Cc1cc(CN2CCCC2C(=O)O)cc(C)c1O. The molecule has 1 unspecified atom stereocenters. The predicted octanol–water partition coefficient (Wildman–Crippen LogP) is 2.06. The Bertz CT molecular complexity index is 447. The Morgan fingerprint density at radius 3 is 2.56 bits per heavy atom. The van der Waals surface area contributed by atoms with E-state index in [1.807, 2.05) is 30.9 Å². The van der Waals surface area contributed by atoms with Gasteiger partial charge in [0, 0.05) is 6.54 Å². The number of hydrogen-bond donors (Lipinski definition) is 2. The summed E-state index contributed by atoms with van der Waals surface area (Å²) >= 11 is 0. The molecule has 0 saturated carbocycles.